The van der Waals surface area contributed by atoms with Crippen LogP contribution in [0.2, 0.25) is 5.02 Å². The van der Waals surface area contributed by atoms with Crippen molar-refractivity contribution in [2.75, 3.05) is 57.4 Å². The highest BCUT2D eigenvalue weighted by atomic mass is 35.5. The second-order valence-electron chi connectivity index (χ2n) is 10.5. The lowest BCUT2D eigenvalue weighted by atomic mass is 9.94. The molecule has 1 aromatic carbocycles. The first-order valence-corrected chi connectivity index (χ1v) is 14.0. The van der Waals surface area contributed by atoms with Crippen LogP contribution in [0.1, 0.15) is 67.9 Å². The SMILES string of the molecule is CCN(CC(C(=O)N1CCN(c2ncnc3c2[C@H](C)C[C@H]3O)CC1)c1ccc(Cl)cc1)C1CCOCC1. The first kappa shape index (κ1) is 26.4. The zero-order chi connectivity index (χ0) is 25.9. The Hall–Kier alpha value is -2.26. The Kier molecular flexibility index (Phi) is 8.29. The monoisotopic (exact) mass is 527 g/mol. The molecule has 3 aliphatic rings. The number of piperazine rings is 1. The predicted octanol–water partition coefficient (Wildman–Crippen LogP) is 3.60. The van der Waals surface area contributed by atoms with E-state index in [0.717, 1.165) is 55.2 Å². The number of fused-ring (bicyclic) bond motifs is 1. The lowest BCUT2D eigenvalue weighted by molar-refractivity contribution is -0.133. The van der Waals surface area contributed by atoms with Crippen LogP contribution in [0.3, 0.4) is 0 Å². The van der Waals surface area contributed by atoms with Crippen molar-refractivity contribution >= 4 is 23.3 Å². The summed E-state index contributed by atoms with van der Waals surface area (Å²) in [6.45, 7) is 10.2. The topological polar surface area (TPSA) is 82.0 Å². The molecule has 2 aromatic rings. The van der Waals surface area contributed by atoms with E-state index < -0.39 is 6.10 Å². The van der Waals surface area contributed by atoms with Crippen LogP contribution in [-0.4, -0.2) is 89.3 Å². The average Bonchev–Trinajstić information content (AvgIpc) is 3.23. The van der Waals surface area contributed by atoms with E-state index in [0.29, 0.717) is 50.2 Å². The van der Waals surface area contributed by atoms with Crippen LogP contribution in [0.5, 0.6) is 0 Å². The van der Waals surface area contributed by atoms with Gasteiger partial charge in [0.05, 0.1) is 17.7 Å². The highest BCUT2D eigenvalue weighted by Crippen LogP contribution is 2.42. The number of ether oxygens (including phenoxy) is 1. The summed E-state index contributed by atoms with van der Waals surface area (Å²) in [5.41, 5.74) is 2.83. The Morgan fingerprint density at radius 2 is 1.86 bits per heavy atom. The van der Waals surface area contributed by atoms with Crippen molar-refractivity contribution in [1.29, 1.82) is 0 Å². The summed E-state index contributed by atoms with van der Waals surface area (Å²) in [6.07, 6.45) is 3.73. The van der Waals surface area contributed by atoms with Crippen LogP contribution in [-0.2, 0) is 9.53 Å². The van der Waals surface area contributed by atoms with Gasteiger partial charge in [-0.2, -0.15) is 0 Å². The van der Waals surface area contributed by atoms with Crippen molar-refractivity contribution in [3.05, 3.63) is 52.4 Å². The molecule has 9 heteroatoms. The molecule has 2 saturated heterocycles. The van der Waals surface area contributed by atoms with Crippen molar-refractivity contribution in [3.8, 4) is 0 Å². The number of nitrogens with zero attached hydrogens (tertiary/aromatic N) is 5. The number of hydrogen-bond acceptors (Lipinski definition) is 7. The molecule has 2 fully saturated rings. The molecule has 0 saturated carbocycles. The van der Waals surface area contributed by atoms with E-state index in [9.17, 15) is 9.90 Å². The Labute approximate surface area is 224 Å². The third-order valence-electron chi connectivity index (χ3n) is 8.27. The first-order valence-electron chi connectivity index (χ1n) is 13.6. The molecule has 1 unspecified atom stereocenters. The van der Waals surface area contributed by atoms with Gasteiger partial charge in [-0.25, -0.2) is 9.97 Å². The van der Waals surface area contributed by atoms with Crippen LogP contribution in [0, 0.1) is 0 Å². The fraction of sp³-hybridized carbons (Fsp3) is 0.607. The molecule has 3 heterocycles. The minimum absolute atomic E-state index is 0.171. The normalized spacial score (nSPS) is 23.4. The summed E-state index contributed by atoms with van der Waals surface area (Å²) < 4.78 is 5.58. The summed E-state index contributed by atoms with van der Waals surface area (Å²) in [7, 11) is 0. The van der Waals surface area contributed by atoms with Gasteiger partial charge in [0.25, 0.3) is 0 Å². The third kappa shape index (κ3) is 5.62. The van der Waals surface area contributed by atoms with E-state index in [1.807, 2.05) is 29.2 Å². The van der Waals surface area contributed by atoms with Gasteiger partial charge in [-0.15, -0.1) is 0 Å². The number of aliphatic hydroxyl groups excluding tert-OH is 1. The predicted molar refractivity (Wildman–Crippen MR) is 144 cm³/mol. The van der Waals surface area contributed by atoms with E-state index in [2.05, 4.69) is 33.6 Å². The molecule has 37 heavy (non-hydrogen) atoms. The number of likely N-dealkylation sites (N-methyl/N-ethyl adjacent to an activating group) is 1. The summed E-state index contributed by atoms with van der Waals surface area (Å²) in [6, 6.07) is 8.19. The van der Waals surface area contributed by atoms with Crippen LogP contribution >= 0.6 is 11.6 Å². The Morgan fingerprint density at radius 1 is 1.16 bits per heavy atom. The van der Waals surface area contributed by atoms with E-state index in [1.54, 1.807) is 6.33 Å². The number of carbonyl (C=O) groups is 1. The molecular weight excluding hydrogens is 490 g/mol. The molecule has 200 valence electrons. The van der Waals surface area contributed by atoms with Crippen LogP contribution < -0.4 is 4.90 Å². The van der Waals surface area contributed by atoms with Crippen LogP contribution in [0.4, 0.5) is 5.82 Å². The number of carbonyl (C=O) groups excluding carboxylic acids is 1. The van der Waals surface area contributed by atoms with Gasteiger partial charge in [-0.05, 0) is 49.4 Å². The fourth-order valence-electron chi connectivity index (χ4n) is 6.16. The lowest BCUT2D eigenvalue weighted by Crippen LogP contribution is -2.52. The Bertz CT molecular complexity index is 1070. The highest BCUT2D eigenvalue weighted by molar-refractivity contribution is 6.30. The summed E-state index contributed by atoms with van der Waals surface area (Å²) >= 11 is 6.18. The standard InChI is InChI=1S/C28H38ClN5O3/c1-3-32(22-8-14-37-15-9-22)17-23(20-4-6-21(29)7-5-20)28(36)34-12-10-33(11-13-34)27-25-19(2)16-24(35)26(25)30-18-31-27/h4-7,18-19,22-24,35H,3,8-17H2,1-2H3/t19-,23?,24-/m1/s1. The molecule has 8 nitrogen and oxygen atoms in total. The van der Waals surface area contributed by atoms with Crippen molar-refractivity contribution < 1.29 is 14.6 Å². The van der Waals surface area contributed by atoms with Gasteiger partial charge in [0.15, 0.2) is 0 Å². The lowest BCUT2D eigenvalue weighted by Gasteiger charge is -2.40. The van der Waals surface area contributed by atoms with E-state index >= 15 is 0 Å². The van der Waals surface area contributed by atoms with Crippen molar-refractivity contribution in [2.24, 2.45) is 0 Å². The second-order valence-corrected chi connectivity index (χ2v) is 10.9. The summed E-state index contributed by atoms with van der Waals surface area (Å²) in [5.74, 6) is 1.06. The van der Waals surface area contributed by atoms with E-state index in [4.69, 9.17) is 16.3 Å². The van der Waals surface area contributed by atoms with Gasteiger partial charge >= 0.3 is 0 Å². The van der Waals surface area contributed by atoms with E-state index in [1.165, 1.54) is 0 Å². The third-order valence-corrected chi connectivity index (χ3v) is 8.52. The molecule has 1 aliphatic carbocycles. The van der Waals surface area contributed by atoms with E-state index in [-0.39, 0.29) is 17.7 Å². The molecule has 0 bridgehead atoms. The van der Waals surface area contributed by atoms with Gasteiger partial charge < -0.3 is 19.6 Å². The number of hydrogen-bond donors (Lipinski definition) is 1. The number of rotatable bonds is 7. The van der Waals surface area contributed by atoms with Crippen molar-refractivity contribution in [2.45, 2.75) is 57.1 Å². The molecule has 3 atom stereocenters. The maximum atomic E-state index is 14.0. The minimum Gasteiger partial charge on any atom is -0.387 e. The number of halogens is 1. The molecule has 0 spiro atoms. The number of anilines is 1. The largest absolute Gasteiger partial charge is 0.387 e. The zero-order valence-electron chi connectivity index (χ0n) is 21.9. The second kappa shape index (κ2) is 11.6. The van der Waals surface area contributed by atoms with Gasteiger partial charge in [0.2, 0.25) is 5.91 Å². The number of aliphatic hydroxyl groups is 1. The number of aromatic nitrogens is 2. The van der Waals surface area contributed by atoms with Crippen molar-refractivity contribution in [1.82, 2.24) is 19.8 Å². The first-order chi connectivity index (χ1) is 18.0. The highest BCUT2D eigenvalue weighted by Gasteiger charge is 2.36. The molecule has 0 radical (unpaired) electrons. The number of benzene rings is 1. The molecule has 1 N–H and O–H groups in total. The zero-order valence-corrected chi connectivity index (χ0v) is 22.6. The smallest absolute Gasteiger partial charge is 0.231 e. The minimum atomic E-state index is -0.521. The van der Waals surface area contributed by atoms with Crippen LogP contribution in [0.15, 0.2) is 30.6 Å². The Balaban J connectivity index is 1.31. The van der Waals surface area contributed by atoms with Gasteiger partial charge in [0.1, 0.15) is 12.1 Å². The molecule has 1 aromatic heterocycles. The number of amides is 1. The average molecular weight is 528 g/mol. The fourth-order valence-corrected chi connectivity index (χ4v) is 6.28. The molecule has 1 amide bonds. The Morgan fingerprint density at radius 3 is 2.54 bits per heavy atom. The van der Waals surface area contributed by atoms with Gasteiger partial charge in [-0.1, -0.05) is 37.6 Å². The maximum Gasteiger partial charge on any atom is 0.231 e. The quantitative estimate of drug-likeness (QED) is 0.589. The van der Waals surface area contributed by atoms with Gasteiger partial charge in [-0.3, -0.25) is 9.69 Å². The molecular formula is C28H38ClN5O3. The van der Waals surface area contributed by atoms with Crippen LogP contribution in [0.25, 0.3) is 0 Å². The maximum absolute atomic E-state index is 14.0. The van der Waals surface area contributed by atoms with Crippen molar-refractivity contribution in [3.63, 3.8) is 0 Å². The summed E-state index contributed by atoms with van der Waals surface area (Å²) in [4.78, 5) is 29.7. The van der Waals surface area contributed by atoms with Gasteiger partial charge in [0, 0.05) is 62.6 Å². The summed E-state index contributed by atoms with van der Waals surface area (Å²) in [5, 5.41) is 11.1. The molecule has 2 aliphatic heterocycles. The molecule has 5 rings (SSSR count).